The van der Waals surface area contributed by atoms with Crippen molar-refractivity contribution in [3.63, 3.8) is 0 Å². The molecule has 2 aromatic rings. The van der Waals surface area contributed by atoms with Crippen molar-refractivity contribution >= 4 is 45.8 Å². The first-order chi connectivity index (χ1) is 17.1. The fraction of sp³-hybridized carbons (Fsp3) is 0.440. The molecule has 190 valence electrons. The van der Waals surface area contributed by atoms with Gasteiger partial charge in [-0.2, -0.15) is 0 Å². The number of phenolic OH excluding ortho intramolecular Hbond substituents is 1. The summed E-state index contributed by atoms with van der Waals surface area (Å²) in [6.45, 7) is 1.91. The number of carbonyl (C=O) groups excluding carboxylic acids is 2. The van der Waals surface area contributed by atoms with Crippen LogP contribution in [0.2, 0.25) is 0 Å². The van der Waals surface area contributed by atoms with Gasteiger partial charge in [0.1, 0.15) is 0 Å². The number of fused-ring (bicyclic) bond motifs is 3. The van der Waals surface area contributed by atoms with E-state index in [9.17, 15) is 29.9 Å². The topological polar surface area (TPSA) is 139 Å². The van der Waals surface area contributed by atoms with E-state index < -0.39 is 46.4 Å². The lowest BCUT2D eigenvalue weighted by atomic mass is 9.64. The third-order valence-electron chi connectivity index (χ3n) is 7.80. The lowest BCUT2D eigenvalue weighted by Gasteiger charge is -2.44. The molecule has 0 spiro atoms. The molecular weight excluding hydrogens is 583 g/mol. The number of hydrogen-bond donors (Lipinski definition) is 2. The predicted molar refractivity (Wildman–Crippen MR) is 135 cm³/mol. The van der Waals surface area contributed by atoms with Crippen LogP contribution >= 0.6 is 22.6 Å². The summed E-state index contributed by atoms with van der Waals surface area (Å²) in [5.41, 5.74) is 0.625. The van der Waals surface area contributed by atoms with Crippen molar-refractivity contribution < 1.29 is 34.2 Å². The highest BCUT2D eigenvalue weighted by Gasteiger charge is 2.66. The Balaban J connectivity index is 1.53. The van der Waals surface area contributed by atoms with Gasteiger partial charge in [-0.25, -0.2) is 4.90 Å². The summed E-state index contributed by atoms with van der Waals surface area (Å²) < 4.78 is 12.1. The minimum Gasteiger partial charge on any atom is -0.504 e. The number of methoxy groups -OCH3 is 1. The van der Waals surface area contributed by atoms with Crippen LogP contribution in [0.5, 0.6) is 11.5 Å². The number of anilines is 1. The number of non-ortho nitro benzene ring substituents is 1. The fourth-order valence-electron chi connectivity index (χ4n) is 6.09. The first kappa shape index (κ1) is 24.9. The average Bonchev–Trinajstić information content (AvgIpc) is 3.33. The monoisotopic (exact) mass is 608 g/mol. The van der Waals surface area contributed by atoms with Gasteiger partial charge in [0, 0.05) is 24.0 Å². The van der Waals surface area contributed by atoms with Crippen molar-refractivity contribution in [1.29, 1.82) is 0 Å². The molecule has 0 unspecified atom stereocenters. The molecule has 36 heavy (non-hydrogen) atoms. The molecule has 11 heteroatoms. The van der Waals surface area contributed by atoms with Gasteiger partial charge in [-0.15, -0.1) is 0 Å². The van der Waals surface area contributed by atoms with Crippen LogP contribution in [0.3, 0.4) is 0 Å². The van der Waals surface area contributed by atoms with Crippen molar-refractivity contribution in [2.45, 2.75) is 38.1 Å². The van der Waals surface area contributed by atoms with Gasteiger partial charge in [0.2, 0.25) is 11.8 Å². The smallest absolute Gasteiger partial charge is 0.271 e. The van der Waals surface area contributed by atoms with Crippen LogP contribution in [0.15, 0.2) is 36.4 Å². The summed E-state index contributed by atoms with van der Waals surface area (Å²) >= 11 is 1.99. The Morgan fingerprint density at radius 1 is 1.25 bits per heavy atom. The maximum Gasteiger partial charge on any atom is 0.271 e. The van der Waals surface area contributed by atoms with Crippen LogP contribution in [0.25, 0.3) is 0 Å². The lowest BCUT2D eigenvalue weighted by Crippen LogP contribution is -2.53. The largest absolute Gasteiger partial charge is 0.504 e. The molecule has 6 atom stereocenters. The Kier molecular flexibility index (Phi) is 6.20. The third kappa shape index (κ3) is 3.67. The number of carbonyl (C=O) groups is 2. The van der Waals surface area contributed by atoms with Crippen LogP contribution in [0.1, 0.15) is 37.9 Å². The number of ether oxygens (including phenoxy) is 2. The summed E-state index contributed by atoms with van der Waals surface area (Å²) in [7, 11) is 1.45. The molecule has 0 bridgehead atoms. The minimum atomic E-state index is -1.62. The van der Waals surface area contributed by atoms with Crippen LogP contribution in [-0.2, 0) is 14.3 Å². The number of imide groups is 1. The number of hydrogen-bond acceptors (Lipinski definition) is 8. The Labute approximate surface area is 220 Å². The second-order valence-corrected chi connectivity index (χ2v) is 10.7. The minimum absolute atomic E-state index is 0.00615. The molecule has 0 radical (unpaired) electrons. The Bertz CT molecular complexity index is 1270. The molecular formula is C25H25IN2O8. The molecule has 2 aliphatic heterocycles. The number of aliphatic hydroxyl groups is 1. The highest BCUT2D eigenvalue weighted by Crippen LogP contribution is 2.59. The summed E-state index contributed by atoms with van der Waals surface area (Å²) in [4.78, 5) is 38.9. The summed E-state index contributed by atoms with van der Waals surface area (Å²) in [6, 6.07) is 8.86. The van der Waals surface area contributed by atoms with E-state index in [0.717, 1.165) is 4.90 Å². The summed E-state index contributed by atoms with van der Waals surface area (Å²) in [5.74, 6) is -4.72. The zero-order valence-electron chi connectivity index (χ0n) is 19.6. The molecule has 1 aliphatic carbocycles. The van der Waals surface area contributed by atoms with Gasteiger partial charge in [-0.3, -0.25) is 19.7 Å². The number of nitro groups is 1. The van der Waals surface area contributed by atoms with Gasteiger partial charge in [0.05, 0.1) is 39.2 Å². The van der Waals surface area contributed by atoms with Crippen LogP contribution in [0.4, 0.5) is 11.4 Å². The number of rotatable bonds is 5. The molecule has 2 amide bonds. The fourth-order valence-corrected chi connectivity index (χ4v) is 6.71. The van der Waals surface area contributed by atoms with Gasteiger partial charge in [0.25, 0.3) is 5.69 Å². The van der Waals surface area contributed by atoms with E-state index >= 15 is 0 Å². The molecule has 2 N–H and O–H groups in total. The second kappa shape index (κ2) is 8.96. The van der Waals surface area contributed by atoms with E-state index in [1.807, 2.05) is 29.5 Å². The van der Waals surface area contributed by atoms with Gasteiger partial charge in [-0.05, 0) is 65.6 Å². The first-order valence-corrected chi connectivity index (χ1v) is 12.8. The maximum atomic E-state index is 13.7. The summed E-state index contributed by atoms with van der Waals surface area (Å²) in [5, 5.41) is 33.3. The van der Waals surface area contributed by atoms with Crippen molar-refractivity contribution in [3.05, 3.63) is 55.6 Å². The van der Waals surface area contributed by atoms with Crippen LogP contribution in [-0.4, -0.2) is 39.8 Å². The number of nitrogens with zero attached hydrogens (tertiary/aromatic N) is 2. The van der Waals surface area contributed by atoms with Crippen molar-refractivity contribution in [2.24, 2.45) is 23.7 Å². The molecule has 3 fully saturated rings. The average molecular weight is 608 g/mol. The normalized spacial score (nSPS) is 31.3. The molecule has 0 aromatic heterocycles. The number of phenols is 1. The zero-order chi connectivity index (χ0) is 25.9. The molecule has 2 saturated heterocycles. The van der Waals surface area contributed by atoms with Gasteiger partial charge in [0.15, 0.2) is 17.3 Å². The Hall–Kier alpha value is -2.77. The molecule has 10 nitrogen and oxygen atoms in total. The number of nitro benzene ring substituents is 1. The number of halogens is 1. The highest BCUT2D eigenvalue weighted by molar-refractivity contribution is 14.1. The van der Waals surface area contributed by atoms with Gasteiger partial charge >= 0.3 is 0 Å². The molecule has 2 aromatic carbocycles. The molecule has 3 aliphatic rings. The first-order valence-electron chi connectivity index (χ1n) is 11.7. The van der Waals surface area contributed by atoms with E-state index in [1.54, 1.807) is 12.1 Å². The summed E-state index contributed by atoms with van der Waals surface area (Å²) in [6.07, 6.45) is 0.524. The van der Waals surface area contributed by atoms with E-state index in [2.05, 4.69) is 0 Å². The molecule has 5 rings (SSSR count). The molecule has 2 heterocycles. The molecule has 1 saturated carbocycles. The van der Waals surface area contributed by atoms with Crippen molar-refractivity contribution in [2.75, 3.05) is 12.0 Å². The standard InChI is InChI=1S/C25H25IN2O8/c1-3-13-9-16-21(24(31)27(23(16)30)14-5-4-6-15(10-14)28(33)34)17-11-19(36-25(13,17)32)12-7-18(26)22(29)20(8-12)35-2/h4-8,10,13,16-17,19,21,29,32H,3,9,11H2,1-2H3/t13-,16-,17-,19-,21-,25+/m0/s1. The van der Waals surface area contributed by atoms with Crippen molar-refractivity contribution in [3.8, 4) is 11.5 Å². The lowest BCUT2D eigenvalue weighted by molar-refractivity contribution is -0.384. The van der Waals surface area contributed by atoms with Crippen LogP contribution in [0, 0.1) is 37.4 Å². The zero-order valence-corrected chi connectivity index (χ0v) is 21.7. The number of aromatic hydroxyl groups is 1. The second-order valence-electron chi connectivity index (χ2n) is 9.52. The SMILES string of the molecule is CC[C@H]1C[C@@H]2C(=O)N(c3cccc([N+](=O)[O-])c3)C(=O)[C@@H]2[C@@H]2C[C@@H](c3cc(I)c(O)c(OC)c3)O[C@]12O. The quantitative estimate of drug-likeness (QED) is 0.226. The van der Waals surface area contributed by atoms with Gasteiger partial charge in [-0.1, -0.05) is 13.0 Å². The number of amides is 2. The van der Waals surface area contributed by atoms with E-state index in [0.29, 0.717) is 22.0 Å². The van der Waals surface area contributed by atoms with E-state index in [1.165, 1.54) is 31.4 Å². The third-order valence-corrected chi connectivity index (χ3v) is 8.62. The Morgan fingerprint density at radius 2 is 2.00 bits per heavy atom. The van der Waals surface area contributed by atoms with Crippen LogP contribution < -0.4 is 9.64 Å². The van der Waals surface area contributed by atoms with E-state index in [4.69, 9.17) is 9.47 Å². The van der Waals surface area contributed by atoms with E-state index in [-0.39, 0.29) is 35.2 Å². The predicted octanol–water partition coefficient (Wildman–Crippen LogP) is 3.92. The maximum absolute atomic E-state index is 13.7. The van der Waals surface area contributed by atoms with Gasteiger partial charge < -0.3 is 19.7 Å². The van der Waals surface area contributed by atoms with Crippen molar-refractivity contribution in [1.82, 2.24) is 0 Å². The Morgan fingerprint density at radius 3 is 2.67 bits per heavy atom. The number of benzene rings is 2. The highest BCUT2D eigenvalue weighted by atomic mass is 127.